The highest BCUT2D eigenvalue weighted by molar-refractivity contribution is 9.11. The lowest BCUT2D eigenvalue weighted by Gasteiger charge is -2.14. The van der Waals surface area contributed by atoms with Crippen LogP contribution in [0, 0.1) is 0 Å². The molecule has 0 amide bonds. The summed E-state index contributed by atoms with van der Waals surface area (Å²) in [4.78, 5) is 0. The molecule has 1 nitrogen and oxygen atoms in total. The summed E-state index contributed by atoms with van der Waals surface area (Å²) < 4.78 is 7.05. The molecule has 0 radical (unpaired) electrons. The fourth-order valence-electron chi connectivity index (χ4n) is 1.74. The van der Waals surface area contributed by atoms with E-state index in [-0.39, 0.29) is 5.38 Å². The number of ether oxygens (including phenoxy) is 1. The van der Waals surface area contributed by atoms with E-state index in [1.807, 2.05) is 42.5 Å². The van der Waals surface area contributed by atoms with Gasteiger partial charge in [-0.15, -0.1) is 11.6 Å². The molecule has 0 saturated heterocycles. The summed E-state index contributed by atoms with van der Waals surface area (Å²) in [5, 5.41) is -0.176. The van der Waals surface area contributed by atoms with Crippen molar-refractivity contribution in [2.24, 2.45) is 0 Å². The molecule has 1 unspecified atom stereocenters. The van der Waals surface area contributed by atoms with Crippen LogP contribution in [0.3, 0.4) is 0 Å². The van der Waals surface area contributed by atoms with E-state index in [1.165, 1.54) is 0 Å². The predicted molar refractivity (Wildman–Crippen MR) is 82.5 cm³/mol. The Labute approximate surface area is 128 Å². The lowest BCUT2D eigenvalue weighted by Crippen LogP contribution is -1.95. The van der Waals surface area contributed by atoms with Gasteiger partial charge in [-0.1, -0.05) is 30.3 Å². The van der Waals surface area contributed by atoms with Gasteiger partial charge in [-0.05, 0) is 55.1 Å². The van der Waals surface area contributed by atoms with Crippen molar-refractivity contribution in [2.45, 2.75) is 5.38 Å². The number of benzene rings is 2. The van der Waals surface area contributed by atoms with Crippen molar-refractivity contribution in [2.75, 3.05) is 7.11 Å². The molecule has 18 heavy (non-hydrogen) atoms. The largest absolute Gasteiger partial charge is 0.494 e. The highest BCUT2D eigenvalue weighted by Gasteiger charge is 2.15. The topological polar surface area (TPSA) is 9.23 Å². The maximum Gasteiger partial charge on any atom is 0.147 e. The molecule has 0 bridgehead atoms. The molecule has 0 fully saturated rings. The van der Waals surface area contributed by atoms with Crippen LogP contribution >= 0.6 is 43.5 Å². The van der Waals surface area contributed by atoms with Crippen LogP contribution in [-0.4, -0.2) is 7.11 Å². The quantitative estimate of drug-likeness (QED) is 0.625. The van der Waals surface area contributed by atoms with Gasteiger partial charge >= 0.3 is 0 Å². The van der Waals surface area contributed by atoms with Gasteiger partial charge in [0.25, 0.3) is 0 Å². The highest BCUT2D eigenvalue weighted by atomic mass is 79.9. The number of hydrogen-bond donors (Lipinski definition) is 0. The van der Waals surface area contributed by atoms with E-state index in [0.717, 1.165) is 25.8 Å². The minimum Gasteiger partial charge on any atom is -0.494 e. The SMILES string of the molecule is COc1c(Br)cc(C(Cl)c2ccccc2)cc1Br. The van der Waals surface area contributed by atoms with E-state index in [0.29, 0.717) is 0 Å². The molecule has 0 aromatic heterocycles. The third kappa shape index (κ3) is 2.90. The van der Waals surface area contributed by atoms with Gasteiger partial charge < -0.3 is 4.74 Å². The Morgan fingerprint density at radius 2 is 1.56 bits per heavy atom. The second-order valence-corrected chi connectivity index (χ2v) is 5.94. The molecule has 0 N–H and O–H groups in total. The number of hydrogen-bond acceptors (Lipinski definition) is 1. The smallest absolute Gasteiger partial charge is 0.147 e. The normalized spacial score (nSPS) is 12.2. The number of rotatable bonds is 3. The van der Waals surface area contributed by atoms with Gasteiger partial charge in [0.2, 0.25) is 0 Å². The fraction of sp³-hybridized carbons (Fsp3) is 0.143. The Morgan fingerprint density at radius 1 is 1.00 bits per heavy atom. The Balaban J connectivity index is 2.41. The van der Waals surface area contributed by atoms with Gasteiger partial charge in [-0.2, -0.15) is 0 Å². The minimum absolute atomic E-state index is 0.176. The Morgan fingerprint density at radius 3 is 2.06 bits per heavy atom. The molecular formula is C14H11Br2ClO. The predicted octanol–water partition coefficient (Wildman–Crippen LogP) is 5.55. The van der Waals surface area contributed by atoms with E-state index < -0.39 is 0 Å². The van der Waals surface area contributed by atoms with Gasteiger partial charge in [0.05, 0.1) is 21.4 Å². The van der Waals surface area contributed by atoms with Crippen molar-refractivity contribution in [1.29, 1.82) is 0 Å². The summed E-state index contributed by atoms with van der Waals surface area (Å²) in [6.07, 6.45) is 0. The van der Waals surface area contributed by atoms with E-state index in [4.69, 9.17) is 16.3 Å². The summed E-state index contributed by atoms with van der Waals surface area (Å²) in [5.74, 6) is 0.774. The van der Waals surface area contributed by atoms with Crippen molar-refractivity contribution < 1.29 is 4.74 Å². The fourth-order valence-corrected chi connectivity index (χ4v) is 3.55. The minimum atomic E-state index is -0.176. The Kier molecular flexibility index (Phi) is 4.71. The summed E-state index contributed by atoms with van der Waals surface area (Å²) in [6.45, 7) is 0. The van der Waals surface area contributed by atoms with Crippen molar-refractivity contribution in [3.05, 3.63) is 62.5 Å². The van der Waals surface area contributed by atoms with Crippen LogP contribution in [-0.2, 0) is 0 Å². The maximum atomic E-state index is 6.49. The van der Waals surface area contributed by atoms with Crippen LogP contribution in [0.2, 0.25) is 0 Å². The number of methoxy groups -OCH3 is 1. The Bertz CT molecular complexity index is 520. The standard InChI is InChI=1S/C14H11Br2ClO/c1-18-14-11(15)7-10(8-12(14)16)13(17)9-5-3-2-4-6-9/h2-8,13H,1H3. The van der Waals surface area contributed by atoms with Crippen molar-refractivity contribution in [1.82, 2.24) is 0 Å². The van der Waals surface area contributed by atoms with Gasteiger partial charge in [-0.25, -0.2) is 0 Å². The zero-order valence-corrected chi connectivity index (χ0v) is 13.6. The molecule has 0 aliphatic rings. The van der Waals surface area contributed by atoms with Gasteiger partial charge in [0, 0.05) is 0 Å². The number of halogens is 3. The average Bonchev–Trinajstić information content (AvgIpc) is 2.38. The van der Waals surface area contributed by atoms with E-state index in [9.17, 15) is 0 Å². The van der Waals surface area contributed by atoms with Gasteiger partial charge in [0.15, 0.2) is 0 Å². The first-order chi connectivity index (χ1) is 8.63. The first-order valence-electron chi connectivity index (χ1n) is 5.35. The van der Waals surface area contributed by atoms with E-state index in [1.54, 1.807) is 7.11 Å². The van der Waals surface area contributed by atoms with Crippen molar-refractivity contribution in [3.63, 3.8) is 0 Å². The van der Waals surface area contributed by atoms with Gasteiger partial charge in [-0.3, -0.25) is 0 Å². The molecule has 4 heteroatoms. The lowest BCUT2D eigenvalue weighted by molar-refractivity contribution is 0.409. The monoisotopic (exact) mass is 388 g/mol. The second kappa shape index (κ2) is 6.09. The molecule has 2 aromatic rings. The summed E-state index contributed by atoms with van der Waals surface area (Å²) in [6, 6.07) is 13.9. The lowest BCUT2D eigenvalue weighted by atomic mass is 10.0. The molecule has 0 aliphatic carbocycles. The van der Waals surface area contributed by atoms with Crippen molar-refractivity contribution in [3.8, 4) is 5.75 Å². The molecular weight excluding hydrogens is 379 g/mol. The molecule has 1 atom stereocenters. The van der Waals surface area contributed by atoms with Crippen LogP contribution in [0.5, 0.6) is 5.75 Å². The van der Waals surface area contributed by atoms with Crippen LogP contribution in [0.25, 0.3) is 0 Å². The zero-order chi connectivity index (χ0) is 13.1. The molecule has 0 aliphatic heterocycles. The van der Waals surface area contributed by atoms with E-state index >= 15 is 0 Å². The Hall–Kier alpha value is -0.510. The van der Waals surface area contributed by atoms with E-state index in [2.05, 4.69) is 31.9 Å². The van der Waals surface area contributed by atoms with Crippen LogP contribution in [0.4, 0.5) is 0 Å². The van der Waals surface area contributed by atoms with Crippen LogP contribution in [0.1, 0.15) is 16.5 Å². The van der Waals surface area contributed by atoms with Crippen LogP contribution in [0.15, 0.2) is 51.4 Å². The molecule has 0 saturated carbocycles. The molecule has 94 valence electrons. The molecule has 2 aromatic carbocycles. The van der Waals surface area contributed by atoms with Crippen molar-refractivity contribution >= 4 is 43.5 Å². The summed E-state index contributed by atoms with van der Waals surface area (Å²) in [7, 11) is 1.64. The molecule has 0 heterocycles. The summed E-state index contributed by atoms with van der Waals surface area (Å²) in [5.41, 5.74) is 2.09. The number of alkyl halides is 1. The third-order valence-corrected chi connectivity index (χ3v) is 4.29. The first kappa shape index (κ1) is 13.9. The average molecular weight is 391 g/mol. The van der Waals surface area contributed by atoms with Crippen LogP contribution < -0.4 is 4.74 Å². The third-order valence-electron chi connectivity index (χ3n) is 2.61. The van der Waals surface area contributed by atoms with Gasteiger partial charge in [0.1, 0.15) is 5.75 Å². The second-order valence-electron chi connectivity index (χ2n) is 3.79. The molecule has 0 spiro atoms. The zero-order valence-electron chi connectivity index (χ0n) is 9.66. The first-order valence-corrected chi connectivity index (χ1v) is 7.37. The maximum absolute atomic E-state index is 6.49. The molecule has 2 rings (SSSR count). The highest BCUT2D eigenvalue weighted by Crippen LogP contribution is 2.39. The summed E-state index contributed by atoms with van der Waals surface area (Å²) >= 11 is 13.5.